The molecule has 4 saturated carbocycles. The summed E-state index contributed by atoms with van der Waals surface area (Å²) < 4.78 is 17.1. The van der Waals surface area contributed by atoms with Crippen molar-refractivity contribution in [1.82, 2.24) is 10.2 Å². The number of alkyl carbamates (subject to hydrolysis) is 1. The van der Waals surface area contributed by atoms with Crippen molar-refractivity contribution in [2.75, 3.05) is 27.8 Å². The number of hydrogen-bond acceptors (Lipinski definition) is 5. The molecule has 7 unspecified atom stereocenters. The molecule has 7 rings (SSSR count). The molecule has 6 nitrogen and oxygen atoms in total. The largest absolute Gasteiger partial charge is 0.493 e. The summed E-state index contributed by atoms with van der Waals surface area (Å²) in [7, 11) is 5.53. The number of carbonyl (C=O) groups is 1. The molecular weight excluding hydrogens is 428 g/mol. The van der Waals surface area contributed by atoms with E-state index in [0.717, 1.165) is 60.8 Å². The predicted octanol–water partition coefficient (Wildman–Crippen LogP) is 4.63. The molecule has 6 heteroatoms. The van der Waals surface area contributed by atoms with Gasteiger partial charge in [-0.3, -0.25) is 4.90 Å². The van der Waals surface area contributed by atoms with Crippen molar-refractivity contribution in [1.29, 1.82) is 0 Å². The molecule has 1 aliphatic heterocycles. The number of carbonyl (C=O) groups excluding carboxylic acids is 1. The van der Waals surface area contributed by atoms with E-state index in [9.17, 15) is 4.79 Å². The molecular formula is C28H36N2O4. The first kappa shape index (κ1) is 21.1. The third-order valence-electron chi connectivity index (χ3n) is 11.0. The van der Waals surface area contributed by atoms with Gasteiger partial charge in [-0.15, -0.1) is 0 Å². The molecule has 1 aromatic rings. The maximum atomic E-state index is 13.1. The minimum absolute atomic E-state index is 0.000235. The topological polar surface area (TPSA) is 60.0 Å². The number of methoxy groups -OCH3 is 2. The Kier molecular flexibility index (Phi) is 4.30. The number of fused-ring (bicyclic) bond motifs is 2. The van der Waals surface area contributed by atoms with Crippen LogP contribution in [0.15, 0.2) is 30.0 Å². The van der Waals surface area contributed by atoms with Crippen LogP contribution in [0.25, 0.3) is 0 Å². The Balaban J connectivity index is 1.10. The number of rotatable bonds is 5. The number of likely N-dealkylation sites (N-methyl/N-ethyl adjacent to an activating group) is 1. The Morgan fingerprint density at radius 2 is 1.91 bits per heavy atom. The van der Waals surface area contributed by atoms with Crippen molar-refractivity contribution >= 4 is 6.09 Å². The van der Waals surface area contributed by atoms with Crippen LogP contribution >= 0.6 is 0 Å². The summed E-state index contributed by atoms with van der Waals surface area (Å²) in [6.45, 7) is 1.02. The molecule has 1 spiro atoms. The second-order valence-electron chi connectivity index (χ2n) is 12.0. The summed E-state index contributed by atoms with van der Waals surface area (Å²) in [5.74, 6) is 4.88. The van der Waals surface area contributed by atoms with Gasteiger partial charge in [-0.25, -0.2) is 4.79 Å². The number of amides is 1. The average Bonchev–Trinajstić information content (AvgIpc) is 3.44. The lowest BCUT2D eigenvalue weighted by Gasteiger charge is -2.72. The van der Waals surface area contributed by atoms with Gasteiger partial charge < -0.3 is 19.5 Å². The highest BCUT2D eigenvalue weighted by molar-refractivity contribution is 5.71. The molecule has 0 radical (unpaired) electrons. The second-order valence-corrected chi connectivity index (χ2v) is 12.0. The Labute approximate surface area is 202 Å². The SMILES string of the molecule is COc1ccc(C23CCC(OC(=O)NC45CC6CC7CC(C4)C75C6)=CC2N(C)CC3)cc1OC. The second kappa shape index (κ2) is 6.93. The summed E-state index contributed by atoms with van der Waals surface area (Å²) in [6.07, 6.45) is 11.3. The van der Waals surface area contributed by atoms with Gasteiger partial charge in [-0.2, -0.15) is 0 Å². The summed E-state index contributed by atoms with van der Waals surface area (Å²) in [5.41, 5.74) is 1.73. The van der Waals surface area contributed by atoms with Crippen LogP contribution in [0.2, 0.25) is 0 Å². The van der Waals surface area contributed by atoms with E-state index >= 15 is 0 Å². The Bertz CT molecular complexity index is 1090. The first-order valence-corrected chi connectivity index (χ1v) is 13.1. The molecule has 7 atom stereocenters. The van der Waals surface area contributed by atoms with Gasteiger partial charge in [-0.05, 0) is 105 Å². The molecule has 182 valence electrons. The first-order valence-electron chi connectivity index (χ1n) is 13.1. The highest BCUT2D eigenvalue weighted by Crippen LogP contribution is 2.82. The number of nitrogens with one attached hydrogen (secondary N) is 1. The van der Waals surface area contributed by atoms with Gasteiger partial charge in [0.15, 0.2) is 11.5 Å². The Hall–Kier alpha value is -2.21. The molecule has 0 aromatic heterocycles. The van der Waals surface area contributed by atoms with E-state index in [1.807, 2.05) is 6.07 Å². The minimum Gasteiger partial charge on any atom is -0.493 e. The van der Waals surface area contributed by atoms with Gasteiger partial charge >= 0.3 is 6.09 Å². The van der Waals surface area contributed by atoms with Gasteiger partial charge in [0.2, 0.25) is 0 Å². The van der Waals surface area contributed by atoms with Crippen molar-refractivity contribution in [2.24, 2.45) is 23.2 Å². The lowest BCUT2D eigenvalue weighted by Crippen LogP contribution is -2.76. The monoisotopic (exact) mass is 464 g/mol. The highest BCUT2D eigenvalue weighted by atomic mass is 16.6. The summed E-state index contributed by atoms with van der Waals surface area (Å²) >= 11 is 0. The van der Waals surface area contributed by atoms with E-state index in [4.69, 9.17) is 14.2 Å². The van der Waals surface area contributed by atoms with Gasteiger partial charge in [0, 0.05) is 17.9 Å². The van der Waals surface area contributed by atoms with E-state index in [0.29, 0.717) is 5.41 Å². The maximum Gasteiger partial charge on any atom is 0.412 e. The van der Waals surface area contributed by atoms with Crippen molar-refractivity contribution < 1.29 is 19.0 Å². The lowest BCUT2D eigenvalue weighted by atomic mass is 9.35. The summed E-state index contributed by atoms with van der Waals surface area (Å²) in [4.78, 5) is 15.5. The molecule has 1 heterocycles. The molecule has 1 N–H and O–H groups in total. The smallest absolute Gasteiger partial charge is 0.412 e. The molecule has 34 heavy (non-hydrogen) atoms. The zero-order valence-electron chi connectivity index (χ0n) is 20.6. The fourth-order valence-electron chi connectivity index (χ4n) is 9.68. The number of ether oxygens (including phenoxy) is 3. The average molecular weight is 465 g/mol. The van der Waals surface area contributed by atoms with Crippen LogP contribution in [-0.4, -0.2) is 50.4 Å². The molecule has 5 aliphatic carbocycles. The molecule has 1 amide bonds. The van der Waals surface area contributed by atoms with Gasteiger partial charge in [0.05, 0.1) is 19.8 Å². The fourth-order valence-corrected chi connectivity index (χ4v) is 9.68. The van der Waals surface area contributed by atoms with Crippen molar-refractivity contribution in [3.63, 3.8) is 0 Å². The number of likely N-dealkylation sites (tertiary alicyclic amines) is 1. The van der Waals surface area contributed by atoms with Crippen LogP contribution in [-0.2, 0) is 10.2 Å². The van der Waals surface area contributed by atoms with Crippen LogP contribution < -0.4 is 14.8 Å². The van der Waals surface area contributed by atoms with E-state index in [1.165, 1.54) is 37.7 Å². The third-order valence-corrected chi connectivity index (χ3v) is 11.0. The van der Waals surface area contributed by atoms with Crippen molar-refractivity contribution in [3.8, 4) is 11.5 Å². The van der Waals surface area contributed by atoms with Gasteiger partial charge in [0.25, 0.3) is 0 Å². The Morgan fingerprint density at radius 1 is 1.06 bits per heavy atom. The molecule has 6 aliphatic rings. The zero-order valence-corrected chi connectivity index (χ0v) is 20.6. The standard InChI is InChI=1S/C28H36N2O4/c1-30-9-8-26(18-4-5-22(32-2)23(12-18)33-3)7-6-21(13-24(26)30)34-25(31)29-27-14-17-10-19-11-20(16-27)28(19,27)15-17/h4-5,12-13,17,19-20,24H,6-11,14-16H2,1-3H3,(H,29,31). The minimum atomic E-state index is -0.225. The van der Waals surface area contributed by atoms with Crippen LogP contribution in [0.4, 0.5) is 4.79 Å². The predicted molar refractivity (Wildman–Crippen MR) is 128 cm³/mol. The Morgan fingerprint density at radius 3 is 2.68 bits per heavy atom. The number of hydrogen-bond donors (Lipinski definition) is 1. The normalized spacial score (nSPS) is 43.2. The number of nitrogens with zero attached hydrogens (tertiary/aromatic N) is 1. The first-order chi connectivity index (χ1) is 16.4. The number of benzene rings is 1. The third kappa shape index (κ3) is 2.48. The van der Waals surface area contributed by atoms with E-state index in [2.05, 4.69) is 35.5 Å². The van der Waals surface area contributed by atoms with E-state index in [-0.39, 0.29) is 23.1 Å². The van der Waals surface area contributed by atoms with Crippen molar-refractivity contribution in [2.45, 2.75) is 68.4 Å². The van der Waals surface area contributed by atoms with Gasteiger partial charge in [-0.1, -0.05) is 6.07 Å². The molecule has 1 aromatic carbocycles. The summed E-state index contributed by atoms with van der Waals surface area (Å²) in [6, 6.07) is 6.52. The van der Waals surface area contributed by atoms with Crippen LogP contribution in [0.3, 0.4) is 0 Å². The van der Waals surface area contributed by atoms with E-state index < -0.39 is 0 Å². The van der Waals surface area contributed by atoms with Crippen LogP contribution in [0.5, 0.6) is 11.5 Å². The maximum absolute atomic E-state index is 13.1. The van der Waals surface area contributed by atoms with E-state index in [1.54, 1.807) is 14.2 Å². The zero-order chi connectivity index (χ0) is 23.3. The van der Waals surface area contributed by atoms with Gasteiger partial charge in [0.1, 0.15) is 5.76 Å². The van der Waals surface area contributed by atoms with Crippen LogP contribution in [0.1, 0.15) is 56.9 Å². The summed E-state index contributed by atoms with van der Waals surface area (Å²) in [5, 5.41) is 3.42. The molecule has 1 saturated heterocycles. The lowest BCUT2D eigenvalue weighted by molar-refractivity contribution is -0.202. The van der Waals surface area contributed by atoms with Crippen LogP contribution in [0, 0.1) is 23.2 Å². The van der Waals surface area contributed by atoms with Crippen molar-refractivity contribution in [3.05, 3.63) is 35.6 Å². The fraction of sp³-hybridized carbons (Fsp3) is 0.679. The number of allylic oxidation sites excluding steroid dienone is 1. The molecule has 5 fully saturated rings. The quantitative estimate of drug-likeness (QED) is 0.689. The highest BCUT2D eigenvalue weighted by Gasteiger charge is 2.81. The molecule has 2 bridgehead atoms.